The van der Waals surface area contributed by atoms with E-state index in [1.54, 1.807) is 24.8 Å². The summed E-state index contributed by atoms with van der Waals surface area (Å²) in [6.45, 7) is 2.98. The van der Waals surface area contributed by atoms with Crippen molar-refractivity contribution < 1.29 is 14.1 Å². The van der Waals surface area contributed by atoms with E-state index in [0.29, 0.717) is 54.7 Å². The standard InChI is InChI=1S/C19H22ClN3O3S/c1-13-12-17(22-26-13)21-19(25)14-6-9-23(10-7-14)18(24)8-11-27-16-5-3-2-4-15(16)20/h2-5,12,14H,6-11H2,1H3,(H,21,22,25). The van der Waals surface area contributed by atoms with E-state index in [1.807, 2.05) is 29.2 Å². The average molecular weight is 408 g/mol. The molecule has 1 fully saturated rings. The molecule has 0 saturated carbocycles. The van der Waals surface area contributed by atoms with Crippen LogP contribution < -0.4 is 5.32 Å². The number of anilines is 1. The number of hydrogen-bond donors (Lipinski definition) is 1. The van der Waals surface area contributed by atoms with Crippen molar-refractivity contribution in [3.8, 4) is 0 Å². The quantitative estimate of drug-likeness (QED) is 0.732. The molecule has 0 atom stereocenters. The molecule has 0 radical (unpaired) electrons. The predicted octanol–water partition coefficient (Wildman–Crippen LogP) is 4.00. The van der Waals surface area contributed by atoms with Crippen molar-refractivity contribution in [1.29, 1.82) is 0 Å². The number of benzene rings is 1. The van der Waals surface area contributed by atoms with Gasteiger partial charge in [0.2, 0.25) is 11.8 Å². The SMILES string of the molecule is Cc1cc(NC(=O)C2CCN(C(=O)CCSc3ccccc3Cl)CC2)no1. The lowest BCUT2D eigenvalue weighted by atomic mass is 9.95. The van der Waals surface area contributed by atoms with Crippen LogP contribution in [0.2, 0.25) is 5.02 Å². The lowest BCUT2D eigenvalue weighted by Gasteiger charge is -2.31. The Morgan fingerprint density at radius 1 is 1.33 bits per heavy atom. The van der Waals surface area contributed by atoms with Gasteiger partial charge in [0.15, 0.2) is 5.82 Å². The molecule has 2 heterocycles. The fraction of sp³-hybridized carbons (Fsp3) is 0.421. The van der Waals surface area contributed by atoms with Gasteiger partial charge in [-0.1, -0.05) is 28.9 Å². The lowest BCUT2D eigenvalue weighted by molar-refractivity contribution is -0.134. The Hall–Kier alpha value is -1.99. The molecule has 1 aliphatic rings. The minimum Gasteiger partial charge on any atom is -0.360 e. The summed E-state index contributed by atoms with van der Waals surface area (Å²) in [4.78, 5) is 27.5. The van der Waals surface area contributed by atoms with Gasteiger partial charge in [-0.2, -0.15) is 0 Å². The van der Waals surface area contributed by atoms with Crippen molar-refractivity contribution in [3.05, 3.63) is 41.1 Å². The van der Waals surface area contributed by atoms with Gasteiger partial charge in [-0.15, -0.1) is 11.8 Å². The highest BCUT2D eigenvalue weighted by Crippen LogP contribution is 2.27. The van der Waals surface area contributed by atoms with E-state index in [0.717, 1.165) is 4.90 Å². The molecule has 1 saturated heterocycles. The van der Waals surface area contributed by atoms with E-state index < -0.39 is 0 Å². The first kappa shape index (κ1) is 19.8. The number of carbonyl (C=O) groups excluding carboxylic acids is 2. The summed E-state index contributed by atoms with van der Waals surface area (Å²) in [7, 11) is 0. The van der Waals surface area contributed by atoms with Gasteiger partial charge in [0, 0.05) is 42.1 Å². The first-order chi connectivity index (χ1) is 13.0. The van der Waals surface area contributed by atoms with Crippen molar-refractivity contribution in [1.82, 2.24) is 10.1 Å². The highest BCUT2D eigenvalue weighted by atomic mass is 35.5. The van der Waals surface area contributed by atoms with Crippen LogP contribution >= 0.6 is 23.4 Å². The highest BCUT2D eigenvalue weighted by Gasteiger charge is 2.27. The van der Waals surface area contributed by atoms with Crippen molar-refractivity contribution in [2.24, 2.45) is 5.92 Å². The largest absolute Gasteiger partial charge is 0.360 e. The van der Waals surface area contributed by atoms with Crippen molar-refractivity contribution in [2.45, 2.75) is 31.1 Å². The number of carbonyl (C=O) groups is 2. The Bertz CT molecular complexity index is 803. The monoisotopic (exact) mass is 407 g/mol. The maximum atomic E-state index is 12.4. The van der Waals surface area contributed by atoms with Gasteiger partial charge >= 0.3 is 0 Å². The van der Waals surface area contributed by atoms with E-state index in [4.69, 9.17) is 16.1 Å². The maximum Gasteiger partial charge on any atom is 0.228 e. The molecular weight excluding hydrogens is 386 g/mol. The number of rotatable bonds is 6. The Morgan fingerprint density at radius 2 is 2.07 bits per heavy atom. The minimum atomic E-state index is -0.108. The molecule has 144 valence electrons. The summed E-state index contributed by atoms with van der Waals surface area (Å²) in [6, 6.07) is 9.32. The molecule has 3 rings (SSSR count). The fourth-order valence-corrected chi connectivity index (χ4v) is 4.19. The Labute approximate surface area is 167 Å². The summed E-state index contributed by atoms with van der Waals surface area (Å²) in [5, 5.41) is 7.26. The molecule has 0 aliphatic carbocycles. The van der Waals surface area contributed by atoms with Gasteiger partial charge in [0.1, 0.15) is 5.76 Å². The number of nitrogens with one attached hydrogen (secondary N) is 1. The zero-order valence-corrected chi connectivity index (χ0v) is 16.7. The zero-order chi connectivity index (χ0) is 19.2. The van der Waals surface area contributed by atoms with Crippen LogP contribution in [0.4, 0.5) is 5.82 Å². The Kier molecular flexibility index (Phi) is 6.79. The van der Waals surface area contributed by atoms with Crippen LogP contribution in [0.25, 0.3) is 0 Å². The van der Waals surface area contributed by atoms with Crippen molar-refractivity contribution in [2.75, 3.05) is 24.2 Å². The molecule has 2 aromatic rings. The molecule has 1 aliphatic heterocycles. The van der Waals surface area contributed by atoms with E-state index >= 15 is 0 Å². The van der Waals surface area contributed by atoms with Crippen LogP contribution in [-0.4, -0.2) is 40.7 Å². The van der Waals surface area contributed by atoms with Gasteiger partial charge < -0.3 is 14.7 Å². The molecule has 6 nitrogen and oxygen atoms in total. The first-order valence-corrected chi connectivity index (χ1v) is 10.3. The summed E-state index contributed by atoms with van der Waals surface area (Å²) in [6.07, 6.45) is 1.78. The maximum absolute atomic E-state index is 12.4. The van der Waals surface area contributed by atoms with Crippen LogP contribution in [-0.2, 0) is 9.59 Å². The van der Waals surface area contributed by atoms with Gasteiger partial charge in [-0.05, 0) is 31.9 Å². The van der Waals surface area contributed by atoms with E-state index in [9.17, 15) is 9.59 Å². The fourth-order valence-electron chi connectivity index (χ4n) is 3.01. The molecule has 0 bridgehead atoms. The number of nitrogens with zero attached hydrogens (tertiary/aromatic N) is 2. The zero-order valence-electron chi connectivity index (χ0n) is 15.1. The number of piperidine rings is 1. The van der Waals surface area contributed by atoms with E-state index in [1.165, 1.54) is 0 Å². The van der Waals surface area contributed by atoms with Crippen molar-refractivity contribution in [3.63, 3.8) is 0 Å². The van der Waals surface area contributed by atoms with Gasteiger partial charge in [-0.25, -0.2) is 0 Å². The average Bonchev–Trinajstić information content (AvgIpc) is 3.08. The van der Waals surface area contributed by atoms with Crippen molar-refractivity contribution >= 4 is 41.0 Å². The molecule has 2 amide bonds. The second-order valence-electron chi connectivity index (χ2n) is 6.50. The second-order valence-corrected chi connectivity index (χ2v) is 8.04. The number of aryl methyl sites for hydroxylation is 1. The topological polar surface area (TPSA) is 75.4 Å². The smallest absolute Gasteiger partial charge is 0.228 e. The third-order valence-corrected chi connectivity index (χ3v) is 6.02. The first-order valence-electron chi connectivity index (χ1n) is 8.92. The number of thioether (sulfide) groups is 1. The molecule has 27 heavy (non-hydrogen) atoms. The number of hydrogen-bond acceptors (Lipinski definition) is 5. The van der Waals surface area contributed by atoms with Crippen LogP contribution in [0.15, 0.2) is 39.8 Å². The number of halogens is 1. The Morgan fingerprint density at radius 3 is 2.74 bits per heavy atom. The molecule has 1 aromatic carbocycles. The molecule has 8 heteroatoms. The molecule has 1 aromatic heterocycles. The summed E-state index contributed by atoms with van der Waals surface area (Å²) < 4.78 is 4.95. The van der Waals surface area contributed by atoms with Crippen LogP contribution in [0.5, 0.6) is 0 Å². The number of likely N-dealkylation sites (tertiary alicyclic amines) is 1. The molecule has 1 N–H and O–H groups in total. The minimum absolute atomic E-state index is 0.0651. The molecule has 0 unspecified atom stereocenters. The number of amides is 2. The summed E-state index contributed by atoms with van der Waals surface area (Å²) in [5.41, 5.74) is 0. The van der Waals surface area contributed by atoms with E-state index in [2.05, 4.69) is 10.5 Å². The molecule has 0 spiro atoms. The second kappa shape index (κ2) is 9.28. The van der Waals surface area contributed by atoms with E-state index in [-0.39, 0.29) is 17.7 Å². The van der Waals surface area contributed by atoms with Crippen LogP contribution in [0, 0.1) is 12.8 Å². The van der Waals surface area contributed by atoms with Gasteiger partial charge in [0.05, 0.1) is 5.02 Å². The summed E-state index contributed by atoms with van der Waals surface area (Å²) in [5.74, 6) is 1.73. The van der Waals surface area contributed by atoms with Crippen LogP contribution in [0.1, 0.15) is 25.0 Å². The third-order valence-electron chi connectivity index (χ3n) is 4.51. The summed E-state index contributed by atoms with van der Waals surface area (Å²) >= 11 is 7.72. The van der Waals surface area contributed by atoms with Gasteiger partial charge in [0.25, 0.3) is 0 Å². The Balaban J connectivity index is 1.40. The van der Waals surface area contributed by atoms with Gasteiger partial charge in [-0.3, -0.25) is 9.59 Å². The van der Waals surface area contributed by atoms with Crippen LogP contribution in [0.3, 0.4) is 0 Å². The third kappa shape index (κ3) is 5.49. The predicted molar refractivity (Wildman–Crippen MR) is 106 cm³/mol. The highest BCUT2D eigenvalue weighted by molar-refractivity contribution is 7.99. The lowest BCUT2D eigenvalue weighted by Crippen LogP contribution is -2.41. The normalized spacial score (nSPS) is 15.0. The number of aromatic nitrogens is 1. The molecular formula is C19H22ClN3O3S.